The molecule has 1 aliphatic rings. The standard InChI is InChI=1S/C18H27FN4O2/c1-3-5-16(20)18(25)23-10-8-22(9-11-23)13(2)17(24)21-15-7-4-6-14(19)12-15/h4,6-7,12-13,16H,3,5,8-11,20H2,1-2H3,(H,21,24). The van der Waals surface area contributed by atoms with E-state index in [0.717, 1.165) is 6.42 Å². The molecule has 1 heterocycles. The number of anilines is 1. The zero-order valence-corrected chi connectivity index (χ0v) is 14.9. The van der Waals surface area contributed by atoms with Crippen LogP contribution in [0, 0.1) is 5.82 Å². The summed E-state index contributed by atoms with van der Waals surface area (Å²) in [5.41, 5.74) is 6.34. The molecule has 0 saturated carbocycles. The van der Waals surface area contributed by atoms with E-state index in [0.29, 0.717) is 38.3 Å². The second-order valence-corrected chi connectivity index (χ2v) is 6.43. The minimum atomic E-state index is -0.440. The van der Waals surface area contributed by atoms with Gasteiger partial charge in [0.15, 0.2) is 0 Å². The number of piperazine rings is 1. The number of nitrogens with two attached hydrogens (primary N) is 1. The molecule has 6 nitrogen and oxygen atoms in total. The molecule has 25 heavy (non-hydrogen) atoms. The van der Waals surface area contributed by atoms with Gasteiger partial charge in [-0.05, 0) is 31.5 Å². The Bertz CT molecular complexity index is 602. The van der Waals surface area contributed by atoms with E-state index in [1.54, 1.807) is 17.0 Å². The van der Waals surface area contributed by atoms with E-state index in [1.165, 1.54) is 12.1 Å². The van der Waals surface area contributed by atoms with Crippen LogP contribution in [0.1, 0.15) is 26.7 Å². The maximum Gasteiger partial charge on any atom is 0.241 e. The summed E-state index contributed by atoms with van der Waals surface area (Å²) >= 11 is 0. The first-order valence-electron chi connectivity index (χ1n) is 8.77. The number of rotatable bonds is 6. The Labute approximate surface area is 148 Å². The largest absolute Gasteiger partial charge is 0.339 e. The fourth-order valence-electron chi connectivity index (χ4n) is 2.98. The van der Waals surface area contributed by atoms with Crippen LogP contribution in [0.25, 0.3) is 0 Å². The fourth-order valence-corrected chi connectivity index (χ4v) is 2.98. The quantitative estimate of drug-likeness (QED) is 0.813. The van der Waals surface area contributed by atoms with Gasteiger partial charge in [-0.2, -0.15) is 0 Å². The zero-order chi connectivity index (χ0) is 18.4. The monoisotopic (exact) mass is 350 g/mol. The molecule has 0 bridgehead atoms. The molecule has 1 saturated heterocycles. The van der Waals surface area contributed by atoms with Gasteiger partial charge in [-0.25, -0.2) is 4.39 Å². The molecule has 0 spiro atoms. The van der Waals surface area contributed by atoms with Crippen LogP contribution < -0.4 is 11.1 Å². The average molecular weight is 350 g/mol. The fraction of sp³-hybridized carbons (Fsp3) is 0.556. The Morgan fingerprint density at radius 2 is 1.96 bits per heavy atom. The summed E-state index contributed by atoms with van der Waals surface area (Å²) in [6.45, 7) is 6.17. The van der Waals surface area contributed by atoms with Crippen LogP contribution in [0.2, 0.25) is 0 Å². The van der Waals surface area contributed by atoms with E-state index < -0.39 is 6.04 Å². The molecule has 0 radical (unpaired) electrons. The minimum absolute atomic E-state index is 0.0154. The van der Waals surface area contributed by atoms with Gasteiger partial charge in [0, 0.05) is 31.9 Å². The highest BCUT2D eigenvalue weighted by molar-refractivity contribution is 5.94. The number of amides is 2. The molecule has 3 N–H and O–H groups in total. The average Bonchev–Trinajstić information content (AvgIpc) is 2.60. The van der Waals surface area contributed by atoms with Gasteiger partial charge < -0.3 is 16.0 Å². The zero-order valence-electron chi connectivity index (χ0n) is 14.9. The Morgan fingerprint density at radius 3 is 2.56 bits per heavy atom. The van der Waals surface area contributed by atoms with Crippen LogP contribution in [0.5, 0.6) is 0 Å². The predicted octanol–water partition coefficient (Wildman–Crippen LogP) is 1.42. The normalized spacial score (nSPS) is 17.8. The first-order chi connectivity index (χ1) is 11.9. The number of halogens is 1. The highest BCUT2D eigenvalue weighted by Crippen LogP contribution is 2.13. The highest BCUT2D eigenvalue weighted by Gasteiger charge is 2.29. The van der Waals surface area contributed by atoms with E-state index in [1.807, 2.05) is 18.7 Å². The maximum absolute atomic E-state index is 13.2. The van der Waals surface area contributed by atoms with Gasteiger partial charge in [-0.15, -0.1) is 0 Å². The SMILES string of the molecule is CCCC(N)C(=O)N1CCN(C(C)C(=O)Nc2cccc(F)c2)CC1. The number of benzene rings is 1. The summed E-state index contributed by atoms with van der Waals surface area (Å²) < 4.78 is 13.2. The lowest BCUT2D eigenvalue weighted by atomic mass is 10.1. The summed E-state index contributed by atoms with van der Waals surface area (Å²) in [5.74, 6) is -0.590. The third-order valence-corrected chi connectivity index (χ3v) is 4.56. The molecule has 1 aromatic carbocycles. The van der Waals surface area contributed by atoms with E-state index >= 15 is 0 Å². The van der Waals surface area contributed by atoms with Gasteiger partial charge in [0.1, 0.15) is 5.82 Å². The minimum Gasteiger partial charge on any atom is -0.339 e. The van der Waals surface area contributed by atoms with E-state index in [4.69, 9.17) is 5.73 Å². The molecule has 1 fully saturated rings. The second-order valence-electron chi connectivity index (χ2n) is 6.43. The molecule has 1 aliphatic heterocycles. The Hall–Kier alpha value is -1.99. The third kappa shape index (κ3) is 5.24. The molecule has 0 aliphatic carbocycles. The topological polar surface area (TPSA) is 78.7 Å². The van der Waals surface area contributed by atoms with E-state index in [9.17, 15) is 14.0 Å². The Balaban J connectivity index is 1.85. The van der Waals surface area contributed by atoms with E-state index in [2.05, 4.69) is 5.32 Å². The van der Waals surface area contributed by atoms with Gasteiger partial charge >= 0.3 is 0 Å². The van der Waals surface area contributed by atoms with Crippen molar-refractivity contribution in [1.29, 1.82) is 0 Å². The smallest absolute Gasteiger partial charge is 0.241 e. The van der Waals surface area contributed by atoms with Crippen LogP contribution in [0.3, 0.4) is 0 Å². The lowest BCUT2D eigenvalue weighted by molar-refractivity contribution is -0.135. The molecule has 2 rings (SSSR count). The van der Waals surface area contributed by atoms with Crippen molar-refractivity contribution in [2.45, 2.75) is 38.8 Å². The summed E-state index contributed by atoms with van der Waals surface area (Å²) in [6, 6.07) is 5.03. The van der Waals surface area contributed by atoms with Crippen molar-refractivity contribution in [2.24, 2.45) is 5.73 Å². The van der Waals surface area contributed by atoms with Crippen LogP contribution in [-0.2, 0) is 9.59 Å². The van der Waals surface area contributed by atoms with Gasteiger partial charge in [0.05, 0.1) is 12.1 Å². The van der Waals surface area contributed by atoms with Gasteiger partial charge in [-0.3, -0.25) is 14.5 Å². The van der Waals surface area contributed by atoms with Crippen molar-refractivity contribution in [3.05, 3.63) is 30.1 Å². The first-order valence-corrected chi connectivity index (χ1v) is 8.77. The number of hydrogen-bond donors (Lipinski definition) is 2. The van der Waals surface area contributed by atoms with Crippen LogP contribution in [-0.4, -0.2) is 59.9 Å². The van der Waals surface area contributed by atoms with Gasteiger partial charge in [0.25, 0.3) is 0 Å². The molecule has 1 aromatic rings. The van der Waals surface area contributed by atoms with Crippen LogP contribution >= 0.6 is 0 Å². The number of carbonyl (C=O) groups is 2. The highest BCUT2D eigenvalue weighted by atomic mass is 19.1. The van der Waals surface area contributed by atoms with Crippen molar-refractivity contribution in [2.75, 3.05) is 31.5 Å². The summed E-state index contributed by atoms with van der Waals surface area (Å²) in [6.07, 6.45) is 1.57. The molecule has 2 atom stereocenters. The number of hydrogen-bond acceptors (Lipinski definition) is 4. The molecule has 7 heteroatoms. The lowest BCUT2D eigenvalue weighted by Crippen LogP contribution is -2.56. The van der Waals surface area contributed by atoms with Crippen molar-refractivity contribution in [3.8, 4) is 0 Å². The van der Waals surface area contributed by atoms with Crippen molar-refractivity contribution < 1.29 is 14.0 Å². The van der Waals surface area contributed by atoms with Crippen LogP contribution in [0.15, 0.2) is 24.3 Å². The lowest BCUT2D eigenvalue weighted by Gasteiger charge is -2.38. The molecular weight excluding hydrogens is 323 g/mol. The van der Waals surface area contributed by atoms with Crippen molar-refractivity contribution in [1.82, 2.24) is 9.80 Å². The summed E-state index contributed by atoms with van der Waals surface area (Å²) in [7, 11) is 0. The number of nitrogens with one attached hydrogen (secondary N) is 1. The summed E-state index contributed by atoms with van der Waals surface area (Å²) in [5, 5.41) is 2.73. The molecular formula is C18H27FN4O2. The number of nitrogens with zero attached hydrogens (tertiary/aromatic N) is 2. The van der Waals surface area contributed by atoms with E-state index in [-0.39, 0.29) is 23.7 Å². The van der Waals surface area contributed by atoms with Crippen molar-refractivity contribution >= 4 is 17.5 Å². The maximum atomic E-state index is 13.2. The second kappa shape index (κ2) is 8.92. The van der Waals surface area contributed by atoms with Crippen molar-refractivity contribution in [3.63, 3.8) is 0 Å². The molecule has 138 valence electrons. The Morgan fingerprint density at radius 1 is 1.28 bits per heavy atom. The third-order valence-electron chi connectivity index (χ3n) is 4.56. The number of carbonyl (C=O) groups excluding carboxylic acids is 2. The molecule has 2 amide bonds. The van der Waals surface area contributed by atoms with Gasteiger partial charge in [-0.1, -0.05) is 19.4 Å². The Kier molecular flexibility index (Phi) is 6.90. The van der Waals surface area contributed by atoms with Crippen LogP contribution in [0.4, 0.5) is 10.1 Å². The first kappa shape index (κ1) is 19.3. The molecule has 0 aromatic heterocycles. The molecule has 2 unspecified atom stereocenters. The predicted molar refractivity (Wildman–Crippen MR) is 95.5 cm³/mol. The summed E-state index contributed by atoms with van der Waals surface area (Å²) in [4.78, 5) is 28.4. The van der Waals surface area contributed by atoms with Gasteiger partial charge in [0.2, 0.25) is 11.8 Å².